The molecule has 0 fully saturated rings. The van der Waals surface area contributed by atoms with Gasteiger partial charge in [-0.3, -0.25) is 4.79 Å². The maximum Gasteiger partial charge on any atom is 0.509 e. The van der Waals surface area contributed by atoms with Crippen LogP contribution in [0.15, 0.2) is 0 Å². The number of carbonyl (C=O) groups is 3. The summed E-state index contributed by atoms with van der Waals surface area (Å²) in [6.07, 6.45) is 38.1. The fourth-order valence-corrected chi connectivity index (χ4v) is 6.60. The van der Waals surface area contributed by atoms with Crippen LogP contribution in [0.5, 0.6) is 0 Å². The molecule has 0 saturated carbocycles. The molecular formula is C45H87NO7. The zero-order chi connectivity index (χ0) is 38.9. The molecule has 0 radical (unpaired) electrons. The van der Waals surface area contributed by atoms with E-state index >= 15 is 0 Å². The van der Waals surface area contributed by atoms with E-state index in [0.29, 0.717) is 13.2 Å². The molecule has 0 saturated heterocycles. The van der Waals surface area contributed by atoms with Crippen LogP contribution in [0.25, 0.3) is 0 Å². The van der Waals surface area contributed by atoms with E-state index in [-0.39, 0.29) is 19.6 Å². The number of ether oxygens (including phenoxy) is 4. The number of esters is 2. The fraction of sp³-hybridized carbons (Fsp3) is 0.933. The Kier molecular flexibility index (Phi) is 39.9. The smallest absolute Gasteiger partial charge is 0.466 e. The molecular weight excluding hydrogens is 666 g/mol. The van der Waals surface area contributed by atoms with Crippen LogP contribution in [-0.4, -0.2) is 69.6 Å². The summed E-state index contributed by atoms with van der Waals surface area (Å²) in [6, 6.07) is 0. The van der Waals surface area contributed by atoms with Gasteiger partial charge in [0.25, 0.3) is 0 Å². The molecule has 0 aliphatic carbocycles. The summed E-state index contributed by atoms with van der Waals surface area (Å²) in [7, 11) is 3.73. The van der Waals surface area contributed by atoms with Gasteiger partial charge < -0.3 is 23.8 Å². The summed E-state index contributed by atoms with van der Waals surface area (Å²) in [6.45, 7) is 5.71. The van der Waals surface area contributed by atoms with Gasteiger partial charge in [0.1, 0.15) is 6.61 Å². The molecule has 0 aromatic rings. The second-order valence-corrected chi connectivity index (χ2v) is 15.7. The Morgan fingerprint density at radius 2 is 0.736 bits per heavy atom. The van der Waals surface area contributed by atoms with Gasteiger partial charge in [-0.15, -0.1) is 0 Å². The van der Waals surface area contributed by atoms with Crippen LogP contribution in [0.3, 0.4) is 0 Å². The first-order valence-electron chi connectivity index (χ1n) is 22.7. The van der Waals surface area contributed by atoms with Crippen molar-refractivity contribution in [2.24, 2.45) is 0 Å². The van der Waals surface area contributed by atoms with Crippen LogP contribution >= 0.6 is 0 Å². The normalized spacial score (nSPS) is 11.9. The number of nitrogens with zero attached hydrogens (tertiary/aromatic N) is 1. The van der Waals surface area contributed by atoms with E-state index in [0.717, 1.165) is 38.5 Å². The van der Waals surface area contributed by atoms with E-state index in [1.807, 2.05) is 19.0 Å². The van der Waals surface area contributed by atoms with E-state index in [2.05, 4.69) is 13.8 Å². The van der Waals surface area contributed by atoms with Crippen LogP contribution in [0.1, 0.15) is 226 Å². The van der Waals surface area contributed by atoms with Gasteiger partial charge in [-0.25, -0.2) is 9.59 Å². The maximum atomic E-state index is 12.8. The molecule has 1 atom stereocenters. The lowest BCUT2D eigenvalue weighted by Gasteiger charge is -2.17. The minimum atomic E-state index is -1.37. The third-order valence-corrected chi connectivity index (χ3v) is 10.1. The van der Waals surface area contributed by atoms with Crippen LogP contribution in [0.2, 0.25) is 0 Å². The number of likely N-dealkylation sites (N-methyl/N-ethyl adjacent to an activating group) is 1. The SMILES string of the molecule is CCCCCCCCCCCCCCCCCCOC(=O)C[C@H](OC(=O)OCCN(C)C)C(=O)OCCCCCCCCCCCCCCCCCC. The molecule has 0 aliphatic heterocycles. The quantitative estimate of drug-likeness (QED) is 0.0346. The molecule has 8 nitrogen and oxygen atoms in total. The second kappa shape index (κ2) is 41.3. The highest BCUT2D eigenvalue weighted by atomic mass is 16.7. The summed E-state index contributed by atoms with van der Waals surface area (Å²) in [5.41, 5.74) is 0. The highest BCUT2D eigenvalue weighted by Gasteiger charge is 2.29. The first kappa shape index (κ1) is 51.2. The lowest BCUT2D eigenvalue weighted by molar-refractivity contribution is -0.161. The highest BCUT2D eigenvalue weighted by Crippen LogP contribution is 2.16. The van der Waals surface area contributed by atoms with Gasteiger partial charge in [-0.1, -0.05) is 206 Å². The van der Waals surface area contributed by atoms with E-state index in [9.17, 15) is 14.4 Å². The molecule has 0 N–H and O–H groups in total. The molecule has 0 spiro atoms. The van der Waals surface area contributed by atoms with E-state index in [1.165, 1.54) is 167 Å². The summed E-state index contributed by atoms with van der Waals surface area (Å²) < 4.78 is 21.1. The Bertz CT molecular complexity index is 806. The van der Waals surface area contributed by atoms with Gasteiger partial charge >= 0.3 is 18.1 Å². The van der Waals surface area contributed by atoms with Gasteiger partial charge in [0.05, 0.1) is 19.6 Å². The lowest BCUT2D eigenvalue weighted by atomic mass is 10.0. The van der Waals surface area contributed by atoms with E-state index in [4.69, 9.17) is 18.9 Å². The molecule has 0 aromatic carbocycles. The van der Waals surface area contributed by atoms with Crippen molar-refractivity contribution in [2.75, 3.05) is 40.5 Å². The van der Waals surface area contributed by atoms with Crippen molar-refractivity contribution in [1.29, 1.82) is 0 Å². The van der Waals surface area contributed by atoms with Crippen LogP contribution < -0.4 is 0 Å². The number of carbonyl (C=O) groups excluding carboxylic acids is 3. The first-order chi connectivity index (χ1) is 25.9. The van der Waals surface area contributed by atoms with Crippen molar-refractivity contribution in [3.05, 3.63) is 0 Å². The molecule has 0 unspecified atom stereocenters. The average Bonchev–Trinajstić information content (AvgIpc) is 3.13. The maximum absolute atomic E-state index is 12.8. The van der Waals surface area contributed by atoms with Crippen LogP contribution in [0, 0.1) is 0 Å². The van der Waals surface area contributed by atoms with Crippen LogP contribution in [-0.2, 0) is 28.5 Å². The van der Waals surface area contributed by atoms with Crippen molar-refractivity contribution < 1.29 is 33.3 Å². The van der Waals surface area contributed by atoms with Gasteiger partial charge in [0.15, 0.2) is 0 Å². The average molecular weight is 754 g/mol. The summed E-state index contributed by atoms with van der Waals surface area (Å²) in [4.78, 5) is 39.5. The zero-order valence-corrected chi connectivity index (χ0v) is 35.5. The highest BCUT2D eigenvalue weighted by molar-refractivity contribution is 5.83. The van der Waals surface area contributed by atoms with Crippen molar-refractivity contribution >= 4 is 18.1 Å². The van der Waals surface area contributed by atoms with Crippen molar-refractivity contribution in [3.63, 3.8) is 0 Å². The Balaban J connectivity index is 4.07. The minimum Gasteiger partial charge on any atom is -0.466 e. The number of hydrogen-bond acceptors (Lipinski definition) is 8. The molecule has 0 bridgehead atoms. The lowest BCUT2D eigenvalue weighted by Crippen LogP contribution is -2.33. The van der Waals surface area contributed by atoms with Crippen molar-refractivity contribution in [1.82, 2.24) is 4.90 Å². The van der Waals surface area contributed by atoms with Gasteiger partial charge in [-0.05, 0) is 26.9 Å². The van der Waals surface area contributed by atoms with E-state index < -0.39 is 24.2 Å². The molecule has 0 rings (SSSR count). The summed E-state index contributed by atoms with van der Waals surface area (Å²) >= 11 is 0. The van der Waals surface area contributed by atoms with Gasteiger partial charge in [0.2, 0.25) is 6.10 Å². The zero-order valence-electron chi connectivity index (χ0n) is 35.5. The van der Waals surface area contributed by atoms with Crippen molar-refractivity contribution in [2.45, 2.75) is 232 Å². The van der Waals surface area contributed by atoms with Crippen molar-refractivity contribution in [3.8, 4) is 0 Å². The monoisotopic (exact) mass is 754 g/mol. The molecule has 0 heterocycles. The second-order valence-electron chi connectivity index (χ2n) is 15.7. The van der Waals surface area contributed by atoms with Gasteiger partial charge in [0, 0.05) is 6.54 Å². The Labute approximate surface area is 327 Å². The topological polar surface area (TPSA) is 91.4 Å². The molecule has 0 aromatic heterocycles. The first-order valence-corrected chi connectivity index (χ1v) is 22.7. The molecule has 53 heavy (non-hydrogen) atoms. The number of unbranched alkanes of at least 4 members (excludes halogenated alkanes) is 30. The summed E-state index contributed by atoms with van der Waals surface area (Å²) in [5.74, 6) is -1.30. The predicted octanol–water partition coefficient (Wildman–Crippen LogP) is 13.1. The standard InChI is InChI=1S/C45H87NO7/c1-5-7-9-11-13-15-17-19-21-23-25-27-29-31-33-35-38-50-43(47)41-42(53-45(49)52-40-37-46(3)4)44(48)51-39-36-34-32-30-28-26-24-22-20-18-16-14-12-10-8-6-2/h42H,5-41H2,1-4H3/t42-/m0/s1. The van der Waals surface area contributed by atoms with Gasteiger partial charge in [-0.2, -0.15) is 0 Å². The summed E-state index contributed by atoms with van der Waals surface area (Å²) in [5, 5.41) is 0. The predicted molar refractivity (Wildman–Crippen MR) is 220 cm³/mol. The molecule has 0 amide bonds. The third kappa shape index (κ3) is 39.7. The molecule has 8 heteroatoms. The van der Waals surface area contributed by atoms with E-state index in [1.54, 1.807) is 0 Å². The number of hydrogen-bond donors (Lipinski definition) is 0. The fourth-order valence-electron chi connectivity index (χ4n) is 6.60. The van der Waals surface area contributed by atoms with Crippen LogP contribution in [0.4, 0.5) is 4.79 Å². The largest absolute Gasteiger partial charge is 0.509 e. The minimum absolute atomic E-state index is 0.122. The third-order valence-electron chi connectivity index (χ3n) is 10.1. The molecule has 0 aliphatic rings. The Morgan fingerprint density at radius 1 is 0.415 bits per heavy atom. The Morgan fingerprint density at radius 3 is 1.08 bits per heavy atom. The molecule has 314 valence electrons. The number of rotatable bonds is 41. The Hall–Kier alpha value is -1.83.